The number of ether oxygens (including phenoxy) is 3. The third-order valence-electron chi connectivity index (χ3n) is 4.09. The number of nitrogens with zero attached hydrogens (tertiary/aromatic N) is 4. The summed E-state index contributed by atoms with van der Waals surface area (Å²) in [6.07, 6.45) is 0. The molecule has 1 fully saturated rings. The van der Waals surface area contributed by atoms with E-state index in [1.54, 1.807) is 43.2 Å². The molecule has 9 nitrogen and oxygen atoms in total. The van der Waals surface area contributed by atoms with Crippen LogP contribution in [0.1, 0.15) is 5.89 Å². The van der Waals surface area contributed by atoms with Crippen molar-refractivity contribution in [1.29, 1.82) is 0 Å². The van der Waals surface area contributed by atoms with E-state index in [4.69, 9.17) is 18.7 Å². The largest absolute Gasteiger partial charge is 0.493 e. The minimum absolute atomic E-state index is 0.0841. The average Bonchev–Trinajstić information content (AvgIpc) is 3.15. The van der Waals surface area contributed by atoms with Crippen molar-refractivity contribution in [3.63, 3.8) is 0 Å². The smallest absolute Gasteiger partial charge is 0.320 e. The highest BCUT2D eigenvalue weighted by molar-refractivity contribution is 5.74. The minimum Gasteiger partial charge on any atom is -0.493 e. The lowest BCUT2D eigenvalue weighted by molar-refractivity contribution is 0.0441. The highest BCUT2D eigenvalue weighted by Gasteiger charge is 2.22. The van der Waals surface area contributed by atoms with Crippen LogP contribution in [-0.4, -0.2) is 73.5 Å². The molecule has 0 radical (unpaired) electrons. The summed E-state index contributed by atoms with van der Waals surface area (Å²) in [5, 5.41) is 3.99. The monoisotopic (exact) mass is 362 g/mol. The zero-order chi connectivity index (χ0) is 18.5. The SMILES string of the molecule is COc1ccc(-c2noc(CN(C)C(=O)N3CCOCC3)n2)cc1OC. The summed E-state index contributed by atoms with van der Waals surface area (Å²) in [6.45, 7) is 2.53. The lowest BCUT2D eigenvalue weighted by Gasteiger charge is -2.30. The first-order chi connectivity index (χ1) is 12.6. The summed E-state index contributed by atoms with van der Waals surface area (Å²) in [7, 11) is 4.85. The van der Waals surface area contributed by atoms with Crippen molar-refractivity contribution >= 4 is 6.03 Å². The van der Waals surface area contributed by atoms with Crippen molar-refractivity contribution in [2.45, 2.75) is 6.54 Å². The van der Waals surface area contributed by atoms with Crippen molar-refractivity contribution in [3.05, 3.63) is 24.1 Å². The Morgan fingerprint density at radius 3 is 2.65 bits per heavy atom. The fourth-order valence-corrected chi connectivity index (χ4v) is 2.68. The molecule has 26 heavy (non-hydrogen) atoms. The molecule has 1 saturated heterocycles. The molecule has 1 aliphatic heterocycles. The van der Waals surface area contributed by atoms with Crippen LogP contribution in [0.5, 0.6) is 11.5 Å². The minimum atomic E-state index is -0.0841. The zero-order valence-electron chi connectivity index (χ0n) is 15.1. The molecule has 0 N–H and O–H groups in total. The Kier molecular flexibility index (Phi) is 5.57. The van der Waals surface area contributed by atoms with Gasteiger partial charge in [-0.05, 0) is 18.2 Å². The first kappa shape index (κ1) is 18.0. The number of morpholine rings is 1. The molecule has 1 aliphatic rings. The Morgan fingerprint density at radius 2 is 1.96 bits per heavy atom. The molecule has 1 aromatic carbocycles. The van der Waals surface area contributed by atoms with Gasteiger partial charge in [-0.2, -0.15) is 4.98 Å². The third-order valence-corrected chi connectivity index (χ3v) is 4.09. The number of rotatable bonds is 5. The van der Waals surface area contributed by atoms with Crippen LogP contribution >= 0.6 is 0 Å². The van der Waals surface area contributed by atoms with E-state index in [1.165, 1.54) is 0 Å². The standard InChI is InChI=1S/C17H22N4O5/c1-20(17(22)21-6-8-25-9-7-21)11-15-18-16(19-26-15)12-4-5-13(23-2)14(10-12)24-3/h4-5,10H,6-9,11H2,1-3H3. The maximum atomic E-state index is 12.4. The molecule has 2 amide bonds. The Hall–Kier alpha value is -2.81. The second kappa shape index (κ2) is 8.05. The normalized spacial score (nSPS) is 14.2. The number of carbonyl (C=O) groups excluding carboxylic acids is 1. The average molecular weight is 362 g/mol. The van der Waals surface area contributed by atoms with Crippen LogP contribution < -0.4 is 9.47 Å². The van der Waals surface area contributed by atoms with Crippen molar-refractivity contribution in [1.82, 2.24) is 19.9 Å². The summed E-state index contributed by atoms with van der Waals surface area (Å²) < 4.78 is 21.1. The zero-order valence-corrected chi connectivity index (χ0v) is 15.1. The van der Waals surface area contributed by atoms with E-state index in [9.17, 15) is 4.79 Å². The number of methoxy groups -OCH3 is 2. The fraction of sp³-hybridized carbons (Fsp3) is 0.471. The molecule has 2 heterocycles. The van der Waals surface area contributed by atoms with Crippen molar-refractivity contribution in [3.8, 4) is 22.9 Å². The number of amides is 2. The van der Waals surface area contributed by atoms with Crippen LogP contribution in [0.15, 0.2) is 22.7 Å². The van der Waals surface area contributed by atoms with Crippen LogP contribution in [0.3, 0.4) is 0 Å². The Morgan fingerprint density at radius 1 is 1.23 bits per heavy atom. The highest BCUT2D eigenvalue weighted by Crippen LogP contribution is 2.31. The molecule has 0 aliphatic carbocycles. The van der Waals surface area contributed by atoms with E-state index in [2.05, 4.69) is 10.1 Å². The van der Waals surface area contributed by atoms with E-state index in [0.717, 1.165) is 5.56 Å². The third kappa shape index (κ3) is 3.88. The number of urea groups is 1. The molecule has 0 saturated carbocycles. The lowest BCUT2D eigenvalue weighted by Crippen LogP contribution is -2.46. The van der Waals surface area contributed by atoms with E-state index in [-0.39, 0.29) is 12.6 Å². The maximum absolute atomic E-state index is 12.4. The van der Waals surface area contributed by atoms with Gasteiger partial charge in [-0.3, -0.25) is 0 Å². The van der Waals surface area contributed by atoms with Gasteiger partial charge in [0.15, 0.2) is 11.5 Å². The number of hydrogen-bond donors (Lipinski definition) is 0. The molecule has 0 spiro atoms. The predicted molar refractivity (Wildman–Crippen MR) is 92.1 cm³/mol. The summed E-state index contributed by atoms with van der Waals surface area (Å²) in [6, 6.07) is 5.28. The molecule has 0 bridgehead atoms. The molecule has 2 aromatic rings. The van der Waals surface area contributed by atoms with Gasteiger partial charge in [0.05, 0.1) is 27.4 Å². The summed E-state index contributed by atoms with van der Waals surface area (Å²) in [5.74, 6) is 1.99. The molecular formula is C17H22N4O5. The van der Waals surface area contributed by atoms with Gasteiger partial charge >= 0.3 is 6.03 Å². The highest BCUT2D eigenvalue weighted by atomic mass is 16.5. The topological polar surface area (TPSA) is 90.2 Å². The fourth-order valence-electron chi connectivity index (χ4n) is 2.68. The van der Waals surface area contributed by atoms with Crippen LogP contribution in [0.4, 0.5) is 4.79 Å². The summed E-state index contributed by atoms with van der Waals surface area (Å²) >= 11 is 0. The molecule has 0 atom stereocenters. The molecule has 140 valence electrons. The van der Waals surface area contributed by atoms with Gasteiger partial charge in [0.1, 0.15) is 6.54 Å². The van der Waals surface area contributed by atoms with E-state index >= 15 is 0 Å². The maximum Gasteiger partial charge on any atom is 0.320 e. The van der Waals surface area contributed by atoms with E-state index in [0.29, 0.717) is 49.5 Å². The number of aromatic nitrogens is 2. The molecular weight excluding hydrogens is 340 g/mol. The molecule has 0 unspecified atom stereocenters. The Bertz CT molecular complexity index is 757. The summed E-state index contributed by atoms with van der Waals surface area (Å²) in [4.78, 5) is 20.1. The van der Waals surface area contributed by atoms with E-state index < -0.39 is 0 Å². The molecule has 9 heteroatoms. The van der Waals surface area contributed by atoms with Gasteiger partial charge in [-0.15, -0.1) is 0 Å². The van der Waals surface area contributed by atoms with Crippen LogP contribution in [0.2, 0.25) is 0 Å². The van der Waals surface area contributed by atoms with Crippen LogP contribution in [0, 0.1) is 0 Å². The van der Waals surface area contributed by atoms with E-state index in [1.807, 2.05) is 6.07 Å². The first-order valence-electron chi connectivity index (χ1n) is 8.25. The number of hydrogen-bond acceptors (Lipinski definition) is 7. The second-order valence-corrected chi connectivity index (χ2v) is 5.82. The van der Waals surface area contributed by atoms with Gasteiger partial charge in [0.25, 0.3) is 0 Å². The molecule has 1 aromatic heterocycles. The van der Waals surface area contributed by atoms with Crippen LogP contribution in [0.25, 0.3) is 11.4 Å². The van der Waals surface area contributed by atoms with Crippen molar-refractivity contribution in [2.75, 3.05) is 47.6 Å². The van der Waals surface area contributed by atoms with Gasteiger partial charge in [0, 0.05) is 25.7 Å². The van der Waals surface area contributed by atoms with Crippen molar-refractivity contribution in [2.24, 2.45) is 0 Å². The molecule has 3 rings (SSSR count). The lowest BCUT2D eigenvalue weighted by atomic mass is 10.2. The van der Waals surface area contributed by atoms with Gasteiger partial charge in [0.2, 0.25) is 11.7 Å². The summed E-state index contributed by atoms with van der Waals surface area (Å²) in [5.41, 5.74) is 0.736. The number of carbonyl (C=O) groups is 1. The van der Waals surface area contributed by atoms with Crippen molar-refractivity contribution < 1.29 is 23.5 Å². The predicted octanol–water partition coefficient (Wildman–Crippen LogP) is 1.64. The van der Waals surface area contributed by atoms with Gasteiger partial charge in [-0.25, -0.2) is 4.79 Å². The Labute approximate surface area is 151 Å². The quantitative estimate of drug-likeness (QED) is 0.798. The van der Waals surface area contributed by atoms with Gasteiger partial charge < -0.3 is 28.5 Å². The van der Waals surface area contributed by atoms with Gasteiger partial charge in [-0.1, -0.05) is 5.16 Å². The Balaban J connectivity index is 1.68. The second-order valence-electron chi connectivity index (χ2n) is 5.82. The first-order valence-corrected chi connectivity index (χ1v) is 8.25. The number of benzene rings is 1. The van der Waals surface area contributed by atoms with Crippen LogP contribution in [-0.2, 0) is 11.3 Å².